The average molecular weight is 325 g/mol. The number of rotatable bonds is 4. The summed E-state index contributed by atoms with van der Waals surface area (Å²) in [7, 11) is 0. The predicted octanol–water partition coefficient (Wildman–Crippen LogP) is 4.03. The fourth-order valence-electron chi connectivity index (χ4n) is 2.80. The Balaban J connectivity index is 1.98. The van der Waals surface area contributed by atoms with Gasteiger partial charge in [0, 0.05) is 29.3 Å². The molecule has 1 saturated heterocycles. The standard InChI is InChI=1S/C16H25BrN2/c1-4-7-18-14-5-8-19(9-6-14)15-10-12(2)16(17)13(3)11-15/h10-11,14,18H,4-9H2,1-3H3. The highest BCUT2D eigenvalue weighted by molar-refractivity contribution is 9.10. The molecule has 1 heterocycles. The molecule has 106 valence electrons. The van der Waals surface area contributed by atoms with Gasteiger partial charge in [-0.25, -0.2) is 0 Å². The third-order valence-corrected chi connectivity index (χ3v) is 5.22. The lowest BCUT2D eigenvalue weighted by Crippen LogP contribution is -2.42. The van der Waals surface area contributed by atoms with Gasteiger partial charge in [0.15, 0.2) is 0 Å². The molecule has 2 rings (SSSR count). The fourth-order valence-corrected chi connectivity index (χ4v) is 3.02. The SMILES string of the molecule is CCCNC1CCN(c2cc(C)c(Br)c(C)c2)CC1. The molecule has 0 unspecified atom stereocenters. The first-order valence-corrected chi connectivity index (χ1v) is 8.16. The van der Waals surface area contributed by atoms with Gasteiger partial charge in [0.2, 0.25) is 0 Å². The van der Waals surface area contributed by atoms with Crippen molar-refractivity contribution in [3.8, 4) is 0 Å². The number of hydrogen-bond donors (Lipinski definition) is 1. The van der Waals surface area contributed by atoms with E-state index in [1.807, 2.05) is 0 Å². The Hall–Kier alpha value is -0.540. The first kappa shape index (κ1) is 14.9. The van der Waals surface area contributed by atoms with Crippen LogP contribution in [0.4, 0.5) is 5.69 Å². The van der Waals surface area contributed by atoms with Gasteiger partial charge in [0.25, 0.3) is 0 Å². The number of hydrogen-bond acceptors (Lipinski definition) is 2. The molecule has 0 bridgehead atoms. The normalized spacial score (nSPS) is 16.9. The Morgan fingerprint density at radius 1 is 1.21 bits per heavy atom. The zero-order valence-corrected chi connectivity index (χ0v) is 13.9. The molecule has 1 aliphatic heterocycles. The molecule has 0 aliphatic carbocycles. The van der Waals surface area contributed by atoms with Crippen molar-refractivity contribution in [3.63, 3.8) is 0 Å². The van der Waals surface area contributed by atoms with Gasteiger partial charge >= 0.3 is 0 Å². The van der Waals surface area contributed by atoms with Gasteiger partial charge in [-0.3, -0.25) is 0 Å². The van der Waals surface area contributed by atoms with Gasteiger partial charge in [-0.1, -0.05) is 22.9 Å². The van der Waals surface area contributed by atoms with Crippen molar-refractivity contribution in [2.24, 2.45) is 0 Å². The minimum absolute atomic E-state index is 0.717. The van der Waals surface area contributed by atoms with Gasteiger partial charge in [0.05, 0.1) is 0 Å². The molecule has 1 aromatic rings. The van der Waals surface area contributed by atoms with Gasteiger partial charge < -0.3 is 10.2 Å². The van der Waals surface area contributed by atoms with E-state index in [1.54, 1.807) is 0 Å². The summed E-state index contributed by atoms with van der Waals surface area (Å²) in [6.07, 6.45) is 3.74. The van der Waals surface area contributed by atoms with Gasteiger partial charge in [0.1, 0.15) is 0 Å². The maximum atomic E-state index is 3.65. The topological polar surface area (TPSA) is 15.3 Å². The van der Waals surface area contributed by atoms with E-state index >= 15 is 0 Å². The van der Waals surface area contributed by atoms with E-state index in [2.05, 4.69) is 59.1 Å². The van der Waals surface area contributed by atoms with Crippen LogP contribution in [0.2, 0.25) is 0 Å². The van der Waals surface area contributed by atoms with Crippen molar-refractivity contribution in [2.75, 3.05) is 24.5 Å². The molecule has 19 heavy (non-hydrogen) atoms. The maximum Gasteiger partial charge on any atom is 0.0372 e. The molecular weight excluding hydrogens is 300 g/mol. The number of benzene rings is 1. The second-order valence-electron chi connectivity index (χ2n) is 5.61. The van der Waals surface area contributed by atoms with E-state index in [0.29, 0.717) is 6.04 Å². The van der Waals surface area contributed by atoms with E-state index < -0.39 is 0 Å². The van der Waals surface area contributed by atoms with E-state index in [4.69, 9.17) is 0 Å². The molecule has 1 fully saturated rings. The maximum absolute atomic E-state index is 3.65. The van der Waals surface area contributed by atoms with Crippen LogP contribution in [-0.2, 0) is 0 Å². The zero-order valence-electron chi connectivity index (χ0n) is 12.3. The average Bonchev–Trinajstić information content (AvgIpc) is 2.42. The zero-order chi connectivity index (χ0) is 13.8. The smallest absolute Gasteiger partial charge is 0.0372 e. The number of anilines is 1. The van der Waals surface area contributed by atoms with Gasteiger partial charge in [-0.2, -0.15) is 0 Å². The molecular formula is C16H25BrN2. The van der Waals surface area contributed by atoms with Crippen LogP contribution in [0.3, 0.4) is 0 Å². The number of aryl methyl sites for hydroxylation is 2. The number of halogens is 1. The summed E-state index contributed by atoms with van der Waals surface area (Å²) in [5.74, 6) is 0. The molecule has 0 radical (unpaired) electrons. The lowest BCUT2D eigenvalue weighted by Gasteiger charge is -2.34. The Bertz CT molecular complexity index is 400. The van der Waals surface area contributed by atoms with Crippen LogP contribution < -0.4 is 10.2 Å². The van der Waals surface area contributed by atoms with Crippen molar-refractivity contribution in [3.05, 3.63) is 27.7 Å². The fraction of sp³-hybridized carbons (Fsp3) is 0.625. The molecule has 0 aromatic heterocycles. The van der Waals surface area contributed by atoms with Crippen LogP contribution in [-0.4, -0.2) is 25.7 Å². The van der Waals surface area contributed by atoms with Crippen LogP contribution in [0.5, 0.6) is 0 Å². The van der Waals surface area contributed by atoms with E-state index in [0.717, 1.165) is 6.54 Å². The number of nitrogens with one attached hydrogen (secondary N) is 1. The monoisotopic (exact) mass is 324 g/mol. The summed E-state index contributed by atoms with van der Waals surface area (Å²) in [5, 5.41) is 3.64. The van der Waals surface area contributed by atoms with Crippen molar-refractivity contribution in [1.82, 2.24) is 5.32 Å². The predicted molar refractivity (Wildman–Crippen MR) is 87.1 cm³/mol. The summed E-state index contributed by atoms with van der Waals surface area (Å²) < 4.78 is 1.25. The van der Waals surface area contributed by atoms with Crippen LogP contribution in [0.1, 0.15) is 37.3 Å². The molecule has 0 spiro atoms. The highest BCUT2D eigenvalue weighted by Crippen LogP contribution is 2.28. The minimum atomic E-state index is 0.717. The molecule has 1 aliphatic rings. The molecule has 1 N–H and O–H groups in total. The summed E-state index contributed by atoms with van der Waals surface area (Å²) in [4.78, 5) is 2.52. The Morgan fingerprint density at radius 2 is 1.79 bits per heavy atom. The van der Waals surface area contributed by atoms with Crippen molar-refractivity contribution >= 4 is 21.6 Å². The van der Waals surface area contributed by atoms with Crippen LogP contribution >= 0.6 is 15.9 Å². The molecule has 0 atom stereocenters. The quantitative estimate of drug-likeness (QED) is 0.899. The molecule has 1 aromatic carbocycles. The highest BCUT2D eigenvalue weighted by Gasteiger charge is 2.19. The second kappa shape index (κ2) is 6.76. The van der Waals surface area contributed by atoms with Gasteiger partial charge in [-0.05, 0) is 62.9 Å². The Morgan fingerprint density at radius 3 is 2.32 bits per heavy atom. The first-order chi connectivity index (χ1) is 9.11. The summed E-state index contributed by atoms with van der Waals surface area (Å²) in [6.45, 7) is 10.1. The van der Waals surface area contributed by atoms with E-state index in [-0.39, 0.29) is 0 Å². The molecule has 0 saturated carbocycles. The first-order valence-electron chi connectivity index (χ1n) is 7.37. The van der Waals surface area contributed by atoms with Crippen LogP contribution in [0.25, 0.3) is 0 Å². The van der Waals surface area contributed by atoms with Crippen LogP contribution in [0, 0.1) is 13.8 Å². The van der Waals surface area contributed by atoms with Crippen molar-refractivity contribution in [2.45, 2.75) is 46.1 Å². The number of piperidine rings is 1. The minimum Gasteiger partial charge on any atom is -0.371 e. The molecule has 3 heteroatoms. The van der Waals surface area contributed by atoms with Gasteiger partial charge in [-0.15, -0.1) is 0 Å². The summed E-state index contributed by atoms with van der Waals surface area (Å²) >= 11 is 3.65. The second-order valence-corrected chi connectivity index (χ2v) is 6.40. The lowest BCUT2D eigenvalue weighted by atomic mass is 10.0. The Kier molecular flexibility index (Phi) is 5.28. The Labute approximate surface area is 125 Å². The third kappa shape index (κ3) is 3.73. The number of nitrogens with zero attached hydrogens (tertiary/aromatic N) is 1. The van der Waals surface area contributed by atoms with E-state index in [1.165, 1.54) is 53.6 Å². The van der Waals surface area contributed by atoms with Crippen LogP contribution in [0.15, 0.2) is 16.6 Å². The third-order valence-electron chi connectivity index (χ3n) is 3.96. The summed E-state index contributed by atoms with van der Waals surface area (Å²) in [5.41, 5.74) is 4.05. The summed E-state index contributed by atoms with van der Waals surface area (Å²) in [6, 6.07) is 5.32. The van der Waals surface area contributed by atoms with Crippen molar-refractivity contribution in [1.29, 1.82) is 0 Å². The lowest BCUT2D eigenvalue weighted by molar-refractivity contribution is 0.416. The largest absolute Gasteiger partial charge is 0.371 e. The molecule has 0 amide bonds. The van der Waals surface area contributed by atoms with Crippen molar-refractivity contribution < 1.29 is 0 Å². The van der Waals surface area contributed by atoms with E-state index in [9.17, 15) is 0 Å². The molecule has 2 nitrogen and oxygen atoms in total. The highest BCUT2D eigenvalue weighted by atomic mass is 79.9.